The van der Waals surface area contributed by atoms with Gasteiger partial charge in [-0.3, -0.25) is 4.79 Å². The lowest BCUT2D eigenvalue weighted by Crippen LogP contribution is -2.30. The standard InChI is InChI=1S/C13H23N3O3/c1-9(17)8-14-10(18)6-5-7-11-15-12(16-19-11)13(2,3)4/h9,17H,5-8H2,1-4H3,(H,14,18). The zero-order valence-electron chi connectivity index (χ0n) is 12.1. The van der Waals surface area contributed by atoms with Crippen LogP contribution in [0.25, 0.3) is 0 Å². The molecule has 19 heavy (non-hydrogen) atoms. The van der Waals surface area contributed by atoms with E-state index < -0.39 is 6.10 Å². The molecule has 1 atom stereocenters. The van der Waals surface area contributed by atoms with E-state index in [-0.39, 0.29) is 17.9 Å². The van der Waals surface area contributed by atoms with Gasteiger partial charge >= 0.3 is 0 Å². The van der Waals surface area contributed by atoms with Gasteiger partial charge < -0.3 is 14.9 Å². The molecule has 0 aliphatic rings. The number of hydrogen-bond donors (Lipinski definition) is 2. The van der Waals surface area contributed by atoms with Gasteiger partial charge in [0.05, 0.1) is 6.10 Å². The fraction of sp³-hybridized carbons (Fsp3) is 0.769. The van der Waals surface area contributed by atoms with Gasteiger partial charge in [-0.05, 0) is 13.3 Å². The second kappa shape index (κ2) is 6.65. The summed E-state index contributed by atoms with van der Waals surface area (Å²) < 4.78 is 5.14. The van der Waals surface area contributed by atoms with Crippen molar-refractivity contribution in [3.63, 3.8) is 0 Å². The first-order valence-electron chi connectivity index (χ1n) is 6.57. The average molecular weight is 269 g/mol. The molecule has 1 unspecified atom stereocenters. The Kier molecular flexibility index (Phi) is 5.47. The van der Waals surface area contributed by atoms with Crippen LogP contribution in [0.5, 0.6) is 0 Å². The Balaban J connectivity index is 2.30. The van der Waals surface area contributed by atoms with Crippen LogP contribution in [0.15, 0.2) is 4.52 Å². The van der Waals surface area contributed by atoms with Crippen LogP contribution in [0.2, 0.25) is 0 Å². The van der Waals surface area contributed by atoms with Crippen molar-refractivity contribution in [1.82, 2.24) is 15.5 Å². The molecule has 0 spiro atoms. The summed E-state index contributed by atoms with van der Waals surface area (Å²) in [5.41, 5.74) is -0.129. The molecular formula is C13H23N3O3. The van der Waals surface area contributed by atoms with Crippen LogP contribution < -0.4 is 5.32 Å². The number of aryl methyl sites for hydroxylation is 1. The van der Waals surface area contributed by atoms with E-state index >= 15 is 0 Å². The second-order valence-electron chi connectivity index (χ2n) is 5.77. The van der Waals surface area contributed by atoms with Gasteiger partial charge in [-0.2, -0.15) is 4.98 Å². The summed E-state index contributed by atoms with van der Waals surface area (Å²) in [6, 6.07) is 0. The fourth-order valence-electron chi connectivity index (χ4n) is 1.41. The predicted molar refractivity (Wildman–Crippen MR) is 70.6 cm³/mol. The number of rotatable bonds is 6. The minimum atomic E-state index is -0.519. The largest absolute Gasteiger partial charge is 0.392 e. The third-order valence-corrected chi connectivity index (χ3v) is 2.53. The number of carbonyl (C=O) groups is 1. The van der Waals surface area contributed by atoms with Gasteiger partial charge in [0, 0.05) is 24.8 Å². The van der Waals surface area contributed by atoms with Gasteiger partial charge in [0.1, 0.15) is 0 Å². The van der Waals surface area contributed by atoms with Gasteiger partial charge in [-0.1, -0.05) is 25.9 Å². The summed E-state index contributed by atoms with van der Waals surface area (Å²) in [5, 5.41) is 15.6. The van der Waals surface area contributed by atoms with Crippen LogP contribution in [0.1, 0.15) is 52.3 Å². The summed E-state index contributed by atoms with van der Waals surface area (Å²) >= 11 is 0. The Morgan fingerprint density at radius 3 is 2.68 bits per heavy atom. The molecule has 1 amide bonds. The third kappa shape index (κ3) is 5.83. The van der Waals surface area contributed by atoms with Gasteiger partial charge in [0.25, 0.3) is 0 Å². The summed E-state index contributed by atoms with van der Waals surface area (Å²) in [5.74, 6) is 1.17. The predicted octanol–water partition coefficient (Wildman–Crippen LogP) is 1.19. The lowest BCUT2D eigenvalue weighted by Gasteiger charge is -2.10. The summed E-state index contributed by atoms with van der Waals surface area (Å²) in [7, 11) is 0. The average Bonchev–Trinajstić information content (AvgIpc) is 2.74. The highest BCUT2D eigenvalue weighted by atomic mass is 16.5. The zero-order chi connectivity index (χ0) is 14.5. The Bertz CT molecular complexity index is 408. The van der Waals surface area contributed by atoms with E-state index in [0.29, 0.717) is 31.0 Å². The van der Waals surface area contributed by atoms with Gasteiger partial charge in [-0.15, -0.1) is 0 Å². The number of carbonyl (C=O) groups excluding carboxylic acids is 1. The van der Waals surface area contributed by atoms with Crippen LogP contribution in [0.4, 0.5) is 0 Å². The minimum Gasteiger partial charge on any atom is -0.392 e. The molecule has 0 aliphatic carbocycles. The number of aromatic nitrogens is 2. The first-order valence-corrected chi connectivity index (χ1v) is 6.57. The Morgan fingerprint density at radius 1 is 1.47 bits per heavy atom. The van der Waals surface area contributed by atoms with Crippen molar-refractivity contribution in [2.75, 3.05) is 6.54 Å². The molecule has 1 rings (SSSR count). The first kappa shape index (κ1) is 15.6. The fourth-order valence-corrected chi connectivity index (χ4v) is 1.41. The van der Waals surface area contributed by atoms with Crippen LogP contribution in [-0.2, 0) is 16.6 Å². The Hall–Kier alpha value is -1.43. The van der Waals surface area contributed by atoms with E-state index in [1.807, 2.05) is 20.8 Å². The highest BCUT2D eigenvalue weighted by Crippen LogP contribution is 2.18. The van der Waals surface area contributed by atoms with Crippen molar-refractivity contribution in [3.8, 4) is 0 Å². The highest BCUT2D eigenvalue weighted by molar-refractivity contribution is 5.75. The van der Waals surface area contributed by atoms with Crippen molar-refractivity contribution in [3.05, 3.63) is 11.7 Å². The molecule has 6 heteroatoms. The second-order valence-corrected chi connectivity index (χ2v) is 5.77. The number of aliphatic hydroxyl groups excluding tert-OH is 1. The molecule has 0 fully saturated rings. The van der Waals surface area contributed by atoms with E-state index in [0.717, 1.165) is 0 Å². The molecule has 1 aromatic rings. The van der Waals surface area contributed by atoms with E-state index in [2.05, 4.69) is 15.5 Å². The van der Waals surface area contributed by atoms with Crippen molar-refractivity contribution >= 4 is 5.91 Å². The molecule has 1 aromatic heterocycles. The highest BCUT2D eigenvalue weighted by Gasteiger charge is 2.20. The maximum Gasteiger partial charge on any atom is 0.226 e. The number of hydrogen-bond acceptors (Lipinski definition) is 5. The molecule has 6 nitrogen and oxygen atoms in total. The number of aliphatic hydroxyl groups is 1. The summed E-state index contributed by atoms with van der Waals surface area (Å²) in [6.45, 7) is 7.97. The number of nitrogens with zero attached hydrogens (tertiary/aromatic N) is 2. The zero-order valence-corrected chi connectivity index (χ0v) is 12.1. The minimum absolute atomic E-state index is 0.0727. The molecule has 0 radical (unpaired) electrons. The third-order valence-electron chi connectivity index (χ3n) is 2.53. The number of nitrogens with one attached hydrogen (secondary N) is 1. The van der Waals surface area contributed by atoms with Gasteiger partial charge in [-0.25, -0.2) is 0 Å². The molecule has 0 saturated carbocycles. The normalized spacial score (nSPS) is 13.3. The summed E-state index contributed by atoms with van der Waals surface area (Å²) in [6.07, 6.45) is 1.11. The molecular weight excluding hydrogens is 246 g/mol. The lowest BCUT2D eigenvalue weighted by atomic mass is 9.96. The van der Waals surface area contributed by atoms with Gasteiger partial charge in [0.15, 0.2) is 5.82 Å². The Morgan fingerprint density at radius 2 is 2.16 bits per heavy atom. The van der Waals surface area contributed by atoms with Crippen molar-refractivity contribution in [2.45, 2.75) is 58.5 Å². The quantitative estimate of drug-likeness (QED) is 0.809. The van der Waals surface area contributed by atoms with Crippen LogP contribution in [0.3, 0.4) is 0 Å². The van der Waals surface area contributed by atoms with Crippen LogP contribution in [0, 0.1) is 0 Å². The van der Waals surface area contributed by atoms with E-state index in [1.165, 1.54) is 0 Å². The maximum absolute atomic E-state index is 11.4. The maximum atomic E-state index is 11.4. The lowest BCUT2D eigenvalue weighted by molar-refractivity contribution is -0.121. The molecule has 0 saturated heterocycles. The van der Waals surface area contributed by atoms with Gasteiger partial charge in [0.2, 0.25) is 11.8 Å². The monoisotopic (exact) mass is 269 g/mol. The van der Waals surface area contributed by atoms with E-state index in [1.54, 1.807) is 6.92 Å². The smallest absolute Gasteiger partial charge is 0.226 e. The van der Waals surface area contributed by atoms with E-state index in [4.69, 9.17) is 9.63 Å². The summed E-state index contributed by atoms with van der Waals surface area (Å²) in [4.78, 5) is 15.7. The Labute approximate surface area is 113 Å². The van der Waals surface area contributed by atoms with Crippen molar-refractivity contribution < 1.29 is 14.4 Å². The van der Waals surface area contributed by atoms with E-state index in [9.17, 15) is 4.79 Å². The first-order chi connectivity index (χ1) is 8.79. The molecule has 0 aromatic carbocycles. The topological polar surface area (TPSA) is 88.2 Å². The van der Waals surface area contributed by atoms with Crippen LogP contribution >= 0.6 is 0 Å². The molecule has 108 valence electrons. The molecule has 2 N–H and O–H groups in total. The molecule has 1 heterocycles. The number of amides is 1. The van der Waals surface area contributed by atoms with Crippen LogP contribution in [-0.4, -0.2) is 33.8 Å². The SMILES string of the molecule is CC(O)CNC(=O)CCCc1nc(C(C)(C)C)no1. The molecule has 0 bridgehead atoms. The van der Waals surface area contributed by atoms with Crippen molar-refractivity contribution in [2.24, 2.45) is 0 Å². The van der Waals surface area contributed by atoms with Crippen molar-refractivity contribution in [1.29, 1.82) is 0 Å². The molecule has 0 aliphatic heterocycles.